The number of hydrogen-bond donors (Lipinski definition) is 3. The third-order valence-electron chi connectivity index (χ3n) is 3.11. The van der Waals surface area contributed by atoms with Crippen LogP contribution >= 0.6 is 22.6 Å². The second-order valence-corrected chi connectivity index (χ2v) is 5.69. The molecule has 0 aliphatic heterocycles. The Morgan fingerprint density at radius 1 is 1.44 bits per heavy atom. The van der Waals surface area contributed by atoms with Crippen LogP contribution in [0.4, 0.5) is 11.4 Å². The Morgan fingerprint density at radius 3 is 2.88 bits per heavy atom. The zero-order valence-corrected chi connectivity index (χ0v) is 11.3. The first-order valence-electron chi connectivity index (χ1n) is 5.62. The largest absolute Gasteiger partial charge is 0.397 e. The summed E-state index contributed by atoms with van der Waals surface area (Å²) in [5, 5.41) is 12.8. The fourth-order valence-corrected chi connectivity index (χ4v) is 2.70. The highest BCUT2D eigenvalue weighted by Gasteiger charge is 2.22. The molecular weight excluding hydrogens is 315 g/mol. The smallest absolute Gasteiger partial charge is 0.0574 e. The standard InChI is InChI=1S/C12H17IN2O/c13-9-2-4-12(11(14)6-9)15-7-8-1-3-10(16)5-8/h2,4,6,8,10,15-16H,1,3,5,7,14H2. The van der Waals surface area contributed by atoms with E-state index in [1.165, 1.54) is 0 Å². The molecule has 2 rings (SSSR count). The lowest BCUT2D eigenvalue weighted by molar-refractivity contribution is 0.178. The lowest BCUT2D eigenvalue weighted by atomic mass is 10.1. The van der Waals surface area contributed by atoms with Gasteiger partial charge in [-0.3, -0.25) is 0 Å². The molecule has 0 bridgehead atoms. The van der Waals surface area contributed by atoms with Crippen LogP contribution < -0.4 is 11.1 Å². The van der Waals surface area contributed by atoms with Gasteiger partial charge in [0.05, 0.1) is 17.5 Å². The molecule has 1 aliphatic rings. The van der Waals surface area contributed by atoms with Crippen LogP contribution in [0.3, 0.4) is 0 Å². The summed E-state index contributed by atoms with van der Waals surface area (Å²) in [6.45, 7) is 0.905. The Hall–Kier alpha value is -0.490. The maximum atomic E-state index is 9.43. The van der Waals surface area contributed by atoms with Crippen LogP contribution in [0, 0.1) is 9.49 Å². The van der Waals surface area contributed by atoms with Crippen molar-refractivity contribution in [3.05, 3.63) is 21.8 Å². The van der Waals surface area contributed by atoms with E-state index in [4.69, 9.17) is 5.73 Å². The highest BCUT2D eigenvalue weighted by molar-refractivity contribution is 14.1. The molecule has 4 heteroatoms. The molecule has 1 aliphatic carbocycles. The summed E-state index contributed by atoms with van der Waals surface area (Å²) in [5.74, 6) is 0.577. The molecule has 4 N–H and O–H groups in total. The van der Waals surface area contributed by atoms with Crippen LogP contribution in [-0.4, -0.2) is 17.8 Å². The number of aliphatic hydroxyl groups is 1. The topological polar surface area (TPSA) is 58.3 Å². The van der Waals surface area contributed by atoms with Gasteiger partial charge in [-0.15, -0.1) is 0 Å². The maximum Gasteiger partial charge on any atom is 0.0574 e. The number of nitrogens with two attached hydrogens (primary N) is 1. The first-order valence-corrected chi connectivity index (χ1v) is 6.70. The third-order valence-corrected chi connectivity index (χ3v) is 3.78. The van der Waals surface area contributed by atoms with E-state index in [9.17, 15) is 5.11 Å². The molecule has 88 valence electrons. The van der Waals surface area contributed by atoms with Crippen LogP contribution in [0.5, 0.6) is 0 Å². The Labute approximate surface area is 110 Å². The minimum atomic E-state index is -0.0964. The van der Waals surface area contributed by atoms with Gasteiger partial charge in [0, 0.05) is 10.1 Å². The molecular formula is C12H17IN2O. The number of benzene rings is 1. The Bertz CT molecular complexity index is 370. The summed E-state index contributed by atoms with van der Waals surface area (Å²) in [6.07, 6.45) is 2.87. The lowest BCUT2D eigenvalue weighted by Gasteiger charge is -2.13. The fourth-order valence-electron chi connectivity index (χ4n) is 2.18. The van der Waals surface area contributed by atoms with Crippen molar-refractivity contribution in [1.29, 1.82) is 0 Å². The number of rotatable bonds is 3. The number of halogens is 1. The molecule has 0 saturated heterocycles. The maximum absolute atomic E-state index is 9.43. The Morgan fingerprint density at radius 2 is 2.25 bits per heavy atom. The van der Waals surface area contributed by atoms with Crippen molar-refractivity contribution in [2.45, 2.75) is 25.4 Å². The van der Waals surface area contributed by atoms with Crippen molar-refractivity contribution in [2.24, 2.45) is 5.92 Å². The van der Waals surface area contributed by atoms with Gasteiger partial charge in [0.15, 0.2) is 0 Å². The van der Waals surface area contributed by atoms with E-state index in [1.54, 1.807) is 0 Å². The van der Waals surface area contributed by atoms with Gasteiger partial charge in [-0.05, 0) is 66.0 Å². The summed E-state index contributed by atoms with van der Waals surface area (Å²) in [7, 11) is 0. The molecule has 1 fully saturated rings. The number of anilines is 2. The van der Waals surface area contributed by atoms with E-state index in [0.717, 1.165) is 40.8 Å². The predicted molar refractivity (Wildman–Crippen MR) is 75.4 cm³/mol. The molecule has 0 aromatic heterocycles. The van der Waals surface area contributed by atoms with Gasteiger partial charge < -0.3 is 16.2 Å². The summed E-state index contributed by atoms with van der Waals surface area (Å²) in [5.41, 5.74) is 7.72. The molecule has 0 spiro atoms. The second kappa shape index (κ2) is 5.23. The third kappa shape index (κ3) is 3.01. The minimum Gasteiger partial charge on any atom is -0.397 e. The average molecular weight is 332 g/mol. The van der Waals surface area contributed by atoms with Gasteiger partial charge >= 0.3 is 0 Å². The van der Waals surface area contributed by atoms with Crippen LogP contribution in [0.1, 0.15) is 19.3 Å². The minimum absolute atomic E-state index is 0.0964. The van der Waals surface area contributed by atoms with Gasteiger partial charge in [-0.2, -0.15) is 0 Å². The monoisotopic (exact) mass is 332 g/mol. The van der Waals surface area contributed by atoms with Gasteiger partial charge in [-0.25, -0.2) is 0 Å². The van der Waals surface area contributed by atoms with Crippen LogP contribution in [0.25, 0.3) is 0 Å². The molecule has 0 heterocycles. The molecule has 2 atom stereocenters. The normalized spacial score (nSPS) is 24.6. The Balaban J connectivity index is 1.89. The molecule has 1 aromatic rings. The summed E-state index contributed by atoms with van der Waals surface area (Å²) < 4.78 is 1.15. The zero-order valence-electron chi connectivity index (χ0n) is 9.12. The molecule has 0 amide bonds. The van der Waals surface area contributed by atoms with Crippen molar-refractivity contribution in [3.63, 3.8) is 0 Å². The van der Waals surface area contributed by atoms with Crippen molar-refractivity contribution >= 4 is 34.0 Å². The molecule has 16 heavy (non-hydrogen) atoms. The average Bonchev–Trinajstić information content (AvgIpc) is 2.63. The van der Waals surface area contributed by atoms with E-state index >= 15 is 0 Å². The first kappa shape index (κ1) is 12.0. The lowest BCUT2D eigenvalue weighted by Crippen LogP contribution is -2.13. The number of nitrogen functional groups attached to an aromatic ring is 1. The highest BCUT2D eigenvalue weighted by Crippen LogP contribution is 2.27. The summed E-state index contributed by atoms with van der Waals surface area (Å²) in [6, 6.07) is 6.03. The van der Waals surface area contributed by atoms with Crippen molar-refractivity contribution in [3.8, 4) is 0 Å². The number of aliphatic hydroxyl groups excluding tert-OH is 1. The summed E-state index contributed by atoms with van der Waals surface area (Å²) in [4.78, 5) is 0. The van der Waals surface area contributed by atoms with Gasteiger partial charge in [0.25, 0.3) is 0 Å². The van der Waals surface area contributed by atoms with E-state index in [1.807, 2.05) is 18.2 Å². The Kier molecular flexibility index (Phi) is 3.91. The fraction of sp³-hybridized carbons (Fsp3) is 0.500. The summed E-state index contributed by atoms with van der Waals surface area (Å²) >= 11 is 2.25. The van der Waals surface area contributed by atoms with Crippen molar-refractivity contribution in [1.82, 2.24) is 0 Å². The highest BCUT2D eigenvalue weighted by atomic mass is 127. The van der Waals surface area contributed by atoms with E-state index in [0.29, 0.717) is 5.92 Å². The van der Waals surface area contributed by atoms with Crippen LogP contribution in [0.15, 0.2) is 18.2 Å². The van der Waals surface area contributed by atoms with Crippen molar-refractivity contribution < 1.29 is 5.11 Å². The SMILES string of the molecule is Nc1cc(I)ccc1NCC1CCC(O)C1. The van der Waals surface area contributed by atoms with Gasteiger partial charge in [-0.1, -0.05) is 0 Å². The van der Waals surface area contributed by atoms with E-state index in [-0.39, 0.29) is 6.10 Å². The molecule has 2 unspecified atom stereocenters. The molecule has 1 saturated carbocycles. The molecule has 1 aromatic carbocycles. The van der Waals surface area contributed by atoms with Crippen molar-refractivity contribution in [2.75, 3.05) is 17.6 Å². The van der Waals surface area contributed by atoms with Gasteiger partial charge in [0.2, 0.25) is 0 Å². The van der Waals surface area contributed by atoms with Crippen LogP contribution in [-0.2, 0) is 0 Å². The van der Waals surface area contributed by atoms with Crippen LogP contribution in [0.2, 0.25) is 0 Å². The van der Waals surface area contributed by atoms with E-state index in [2.05, 4.69) is 27.9 Å². The number of hydrogen-bond acceptors (Lipinski definition) is 3. The first-order chi connectivity index (χ1) is 7.65. The zero-order chi connectivity index (χ0) is 11.5. The number of nitrogens with one attached hydrogen (secondary N) is 1. The molecule has 0 radical (unpaired) electrons. The predicted octanol–water partition coefficient (Wildman–Crippen LogP) is 2.45. The second-order valence-electron chi connectivity index (χ2n) is 4.45. The van der Waals surface area contributed by atoms with E-state index < -0.39 is 0 Å². The van der Waals surface area contributed by atoms with Gasteiger partial charge in [0.1, 0.15) is 0 Å². The quantitative estimate of drug-likeness (QED) is 0.589. The molecule has 3 nitrogen and oxygen atoms in total.